The molecule has 0 aliphatic carbocycles. The van der Waals surface area contributed by atoms with Crippen molar-refractivity contribution in [3.63, 3.8) is 0 Å². The number of thioether (sulfide) groups is 1. The molecule has 3 rings (SSSR count). The Balaban J connectivity index is 1.69. The molecule has 1 heterocycles. The topological polar surface area (TPSA) is 86.7 Å². The third-order valence-corrected chi connectivity index (χ3v) is 5.11. The number of hydrogen-bond acceptors (Lipinski definition) is 5. The molecule has 1 fully saturated rings. The number of phenolic OH excluding ortho intramolecular Hbond substituents is 1. The monoisotopic (exact) mass is 402 g/mol. The summed E-state index contributed by atoms with van der Waals surface area (Å²) in [6.07, 6.45) is 1.50. The van der Waals surface area contributed by atoms with Gasteiger partial charge in [0.1, 0.15) is 12.3 Å². The van der Waals surface area contributed by atoms with Gasteiger partial charge in [0.05, 0.1) is 4.91 Å². The number of nitrogens with one attached hydrogen (secondary N) is 1. The van der Waals surface area contributed by atoms with E-state index in [4.69, 9.17) is 11.6 Å². The first-order valence-corrected chi connectivity index (χ1v) is 9.13. The van der Waals surface area contributed by atoms with E-state index in [1.807, 2.05) is 6.92 Å². The molecule has 2 aromatic carbocycles. The number of phenols is 1. The van der Waals surface area contributed by atoms with Gasteiger partial charge >= 0.3 is 0 Å². The number of aryl methyl sites for hydroxylation is 1. The van der Waals surface area contributed by atoms with Crippen molar-refractivity contribution in [1.29, 1.82) is 0 Å². The van der Waals surface area contributed by atoms with Gasteiger partial charge in [0.15, 0.2) is 0 Å². The Morgan fingerprint density at radius 3 is 2.74 bits per heavy atom. The van der Waals surface area contributed by atoms with Gasteiger partial charge in [0.2, 0.25) is 5.91 Å². The van der Waals surface area contributed by atoms with Crippen molar-refractivity contribution in [2.24, 2.45) is 0 Å². The predicted octanol–water partition coefficient (Wildman–Crippen LogP) is 4.03. The van der Waals surface area contributed by atoms with Crippen LogP contribution in [0.4, 0.5) is 10.5 Å². The fourth-order valence-electron chi connectivity index (χ4n) is 2.42. The zero-order chi connectivity index (χ0) is 19.6. The lowest BCUT2D eigenvalue weighted by Gasteiger charge is -2.13. The summed E-state index contributed by atoms with van der Waals surface area (Å²) in [6, 6.07) is 11.4. The summed E-state index contributed by atoms with van der Waals surface area (Å²) in [5.74, 6) is -1.000. The SMILES string of the molecule is Cc1ccc(NC(=O)CN2C(=O)S/C(=C/c3cccc(O)c3)C2=O)cc1Cl. The number of anilines is 1. The van der Waals surface area contributed by atoms with Crippen molar-refractivity contribution in [1.82, 2.24) is 4.90 Å². The van der Waals surface area contributed by atoms with E-state index >= 15 is 0 Å². The molecule has 1 aliphatic rings. The smallest absolute Gasteiger partial charge is 0.294 e. The predicted molar refractivity (Wildman–Crippen MR) is 106 cm³/mol. The second-order valence-corrected chi connectivity index (χ2v) is 7.28. The Kier molecular flexibility index (Phi) is 5.53. The molecule has 0 aromatic heterocycles. The van der Waals surface area contributed by atoms with Crippen LogP contribution >= 0.6 is 23.4 Å². The average Bonchev–Trinajstić information content (AvgIpc) is 2.86. The fraction of sp³-hybridized carbons (Fsp3) is 0.105. The van der Waals surface area contributed by atoms with Gasteiger partial charge < -0.3 is 10.4 Å². The molecule has 0 spiro atoms. The largest absolute Gasteiger partial charge is 0.508 e. The molecule has 8 heteroatoms. The molecule has 2 aromatic rings. The Bertz CT molecular complexity index is 974. The second-order valence-electron chi connectivity index (χ2n) is 5.87. The van der Waals surface area contributed by atoms with E-state index in [9.17, 15) is 19.5 Å². The molecule has 6 nitrogen and oxygen atoms in total. The van der Waals surface area contributed by atoms with E-state index in [0.717, 1.165) is 22.2 Å². The highest BCUT2D eigenvalue weighted by Gasteiger charge is 2.36. The van der Waals surface area contributed by atoms with Crippen LogP contribution < -0.4 is 5.32 Å². The molecule has 1 saturated heterocycles. The van der Waals surface area contributed by atoms with E-state index in [1.54, 1.807) is 30.3 Å². The second kappa shape index (κ2) is 7.85. The van der Waals surface area contributed by atoms with Gasteiger partial charge in [0.25, 0.3) is 11.1 Å². The van der Waals surface area contributed by atoms with Gasteiger partial charge in [-0.3, -0.25) is 19.3 Å². The van der Waals surface area contributed by atoms with Gasteiger partial charge in [-0.25, -0.2) is 0 Å². The number of imide groups is 1. The summed E-state index contributed by atoms with van der Waals surface area (Å²) >= 11 is 6.77. The minimum Gasteiger partial charge on any atom is -0.508 e. The number of carbonyl (C=O) groups is 3. The highest BCUT2D eigenvalue weighted by Crippen LogP contribution is 2.32. The van der Waals surface area contributed by atoms with Crippen molar-refractivity contribution in [3.05, 3.63) is 63.5 Å². The van der Waals surface area contributed by atoms with Gasteiger partial charge in [0, 0.05) is 10.7 Å². The molecule has 0 atom stereocenters. The number of nitrogens with zero attached hydrogens (tertiary/aromatic N) is 1. The highest BCUT2D eigenvalue weighted by molar-refractivity contribution is 8.18. The summed E-state index contributed by atoms with van der Waals surface area (Å²) in [4.78, 5) is 37.8. The summed E-state index contributed by atoms with van der Waals surface area (Å²) < 4.78 is 0. The molecule has 2 N–H and O–H groups in total. The maximum atomic E-state index is 12.4. The zero-order valence-corrected chi connectivity index (χ0v) is 15.8. The van der Waals surface area contributed by atoms with Gasteiger partial charge in [-0.2, -0.15) is 0 Å². The first-order valence-electron chi connectivity index (χ1n) is 7.94. The number of amides is 3. The number of benzene rings is 2. The zero-order valence-electron chi connectivity index (χ0n) is 14.2. The van der Waals surface area contributed by atoms with Crippen LogP contribution in [0.3, 0.4) is 0 Å². The van der Waals surface area contributed by atoms with Crippen molar-refractivity contribution in [3.8, 4) is 5.75 Å². The molecule has 0 unspecified atom stereocenters. The molecule has 0 saturated carbocycles. The molecular formula is C19H15ClN2O4S. The Labute approximate surface area is 164 Å². The molecule has 0 bridgehead atoms. The van der Waals surface area contributed by atoms with Crippen molar-refractivity contribution in [2.75, 3.05) is 11.9 Å². The molecular weight excluding hydrogens is 388 g/mol. The summed E-state index contributed by atoms with van der Waals surface area (Å²) in [7, 11) is 0. The molecule has 1 aliphatic heterocycles. The minimum atomic E-state index is -0.551. The molecule has 3 amide bonds. The normalized spacial score (nSPS) is 15.5. The Morgan fingerprint density at radius 1 is 1.26 bits per heavy atom. The van der Waals surface area contributed by atoms with Crippen molar-refractivity contribution < 1.29 is 19.5 Å². The van der Waals surface area contributed by atoms with Crippen LogP contribution in [-0.2, 0) is 9.59 Å². The van der Waals surface area contributed by atoms with Crippen LogP contribution in [0, 0.1) is 6.92 Å². The van der Waals surface area contributed by atoms with E-state index in [1.165, 1.54) is 18.2 Å². The summed E-state index contributed by atoms with van der Waals surface area (Å²) in [5, 5.41) is 12.1. The Hall–Kier alpha value is -2.77. The highest BCUT2D eigenvalue weighted by atomic mass is 35.5. The van der Waals surface area contributed by atoms with Gasteiger partial charge in [-0.15, -0.1) is 0 Å². The van der Waals surface area contributed by atoms with Crippen LogP contribution in [0.5, 0.6) is 5.75 Å². The van der Waals surface area contributed by atoms with E-state index in [2.05, 4.69) is 5.32 Å². The quantitative estimate of drug-likeness (QED) is 0.754. The standard InChI is InChI=1S/C19H15ClN2O4S/c1-11-5-6-13(9-15(11)20)21-17(24)10-22-18(25)16(27-19(22)26)8-12-3-2-4-14(23)7-12/h2-9,23H,10H2,1H3,(H,21,24)/b16-8+. The average molecular weight is 403 g/mol. The molecule has 0 radical (unpaired) electrons. The van der Waals surface area contributed by atoms with Crippen LogP contribution in [-0.4, -0.2) is 33.6 Å². The first-order chi connectivity index (χ1) is 12.8. The van der Waals surface area contributed by atoms with Crippen molar-refractivity contribution >= 4 is 52.2 Å². The van der Waals surface area contributed by atoms with Crippen LogP contribution in [0.1, 0.15) is 11.1 Å². The van der Waals surface area contributed by atoms with E-state index in [0.29, 0.717) is 16.3 Å². The molecule has 27 heavy (non-hydrogen) atoms. The maximum absolute atomic E-state index is 12.4. The summed E-state index contributed by atoms with van der Waals surface area (Å²) in [5.41, 5.74) is 1.94. The van der Waals surface area contributed by atoms with Gasteiger partial charge in [-0.05, 0) is 60.2 Å². The maximum Gasteiger partial charge on any atom is 0.294 e. The van der Waals surface area contributed by atoms with Crippen LogP contribution in [0.2, 0.25) is 5.02 Å². The third kappa shape index (κ3) is 4.50. The number of halogens is 1. The van der Waals surface area contributed by atoms with Crippen molar-refractivity contribution in [2.45, 2.75) is 6.92 Å². The number of hydrogen-bond donors (Lipinski definition) is 2. The Morgan fingerprint density at radius 2 is 2.04 bits per heavy atom. The third-order valence-electron chi connectivity index (χ3n) is 3.80. The number of rotatable bonds is 4. The van der Waals surface area contributed by atoms with Crippen LogP contribution in [0.25, 0.3) is 6.08 Å². The minimum absolute atomic E-state index is 0.0547. The first kappa shape index (κ1) is 19.0. The van der Waals surface area contributed by atoms with E-state index in [-0.39, 0.29) is 10.7 Å². The lowest BCUT2D eigenvalue weighted by Crippen LogP contribution is -2.36. The lowest BCUT2D eigenvalue weighted by molar-refractivity contribution is -0.127. The lowest BCUT2D eigenvalue weighted by atomic mass is 10.2. The fourth-order valence-corrected chi connectivity index (χ4v) is 3.44. The summed E-state index contributed by atoms with van der Waals surface area (Å²) in [6.45, 7) is 1.45. The molecule has 138 valence electrons. The van der Waals surface area contributed by atoms with E-state index < -0.39 is 23.6 Å². The number of carbonyl (C=O) groups excluding carboxylic acids is 3. The number of aromatic hydroxyl groups is 1. The van der Waals surface area contributed by atoms with Gasteiger partial charge in [-0.1, -0.05) is 29.8 Å². The van der Waals surface area contributed by atoms with Crippen LogP contribution in [0.15, 0.2) is 47.4 Å².